The summed E-state index contributed by atoms with van der Waals surface area (Å²) >= 11 is 2.20. The Hall–Kier alpha value is -1.56. The predicted octanol–water partition coefficient (Wildman–Crippen LogP) is 3.90. The van der Waals surface area contributed by atoms with Gasteiger partial charge in [0.05, 0.1) is 29.5 Å². The molecule has 0 atom stereocenters. The summed E-state index contributed by atoms with van der Waals surface area (Å²) in [5.74, 6) is 0. The van der Waals surface area contributed by atoms with Crippen LogP contribution in [0.25, 0.3) is 0 Å². The molecule has 0 heterocycles. The van der Waals surface area contributed by atoms with Gasteiger partial charge >= 0.3 is 0 Å². The first kappa shape index (κ1) is 21.7. The molecule has 0 unspecified atom stereocenters. The van der Waals surface area contributed by atoms with Crippen molar-refractivity contribution in [3.05, 3.63) is 48.5 Å². The first-order valence-corrected chi connectivity index (χ1v) is 11.4. The van der Waals surface area contributed by atoms with E-state index >= 15 is 0 Å². The van der Waals surface area contributed by atoms with E-state index in [-0.39, 0.29) is 11.4 Å². The zero-order chi connectivity index (χ0) is 19.7. The summed E-state index contributed by atoms with van der Waals surface area (Å²) in [6, 6.07) is 13.9. The molecule has 0 saturated carbocycles. The Morgan fingerprint density at radius 1 is 0.963 bits per heavy atom. The van der Waals surface area contributed by atoms with Gasteiger partial charge in [-0.2, -0.15) is 10.2 Å². The number of nitrogens with one attached hydrogen (secondary N) is 1. The standard InChI is InChI=1S/C18H23IN4O3S/c1-23(2)17-7-3-15(4-8-17)21-22-16-5-9-18(10-6-16)27(24,25)20-12-14-26-13-11-19/h3-10,20H,11-14H2,1-2H3. The molecular weight excluding hydrogens is 479 g/mol. The molecule has 2 rings (SSSR count). The quantitative estimate of drug-likeness (QED) is 0.231. The Morgan fingerprint density at radius 3 is 2.04 bits per heavy atom. The third-order valence-corrected chi connectivity index (χ3v) is 5.47. The van der Waals surface area contributed by atoms with Crippen molar-refractivity contribution in [2.45, 2.75) is 4.90 Å². The third kappa shape index (κ3) is 7.17. The van der Waals surface area contributed by atoms with Crippen LogP contribution in [-0.2, 0) is 14.8 Å². The van der Waals surface area contributed by atoms with Crippen molar-refractivity contribution in [2.24, 2.45) is 10.2 Å². The van der Waals surface area contributed by atoms with Crippen LogP contribution in [0.1, 0.15) is 0 Å². The molecule has 0 spiro atoms. The van der Waals surface area contributed by atoms with Crippen molar-refractivity contribution in [3.63, 3.8) is 0 Å². The van der Waals surface area contributed by atoms with E-state index in [2.05, 4.69) is 37.5 Å². The summed E-state index contributed by atoms with van der Waals surface area (Å²) in [5.41, 5.74) is 2.39. The molecule has 0 radical (unpaired) electrons. The SMILES string of the molecule is CN(C)c1ccc(N=Nc2ccc(S(=O)(=O)NCCOCCI)cc2)cc1. The van der Waals surface area contributed by atoms with Gasteiger partial charge in [-0.1, -0.05) is 22.6 Å². The molecule has 0 aliphatic rings. The van der Waals surface area contributed by atoms with Gasteiger partial charge in [-0.15, -0.1) is 0 Å². The van der Waals surface area contributed by atoms with Crippen molar-refractivity contribution in [2.75, 3.05) is 43.2 Å². The number of benzene rings is 2. The Labute approximate surface area is 174 Å². The fourth-order valence-electron chi connectivity index (χ4n) is 2.11. The van der Waals surface area contributed by atoms with Crippen molar-refractivity contribution < 1.29 is 13.2 Å². The summed E-state index contributed by atoms with van der Waals surface area (Å²) in [7, 11) is 0.389. The molecular formula is C18H23IN4O3S. The fraction of sp³-hybridized carbons (Fsp3) is 0.333. The topological polar surface area (TPSA) is 83.4 Å². The van der Waals surface area contributed by atoms with Crippen LogP contribution in [0.2, 0.25) is 0 Å². The van der Waals surface area contributed by atoms with Gasteiger partial charge in [0.15, 0.2) is 0 Å². The van der Waals surface area contributed by atoms with Crippen LogP contribution in [0.5, 0.6) is 0 Å². The average molecular weight is 502 g/mol. The van der Waals surface area contributed by atoms with Crippen LogP contribution in [-0.4, -0.2) is 46.7 Å². The molecule has 0 saturated heterocycles. The third-order valence-electron chi connectivity index (χ3n) is 3.55. The molecule has 27 heavy (non-hydrogen) atoms. The minimum atomic E-state index is -3.55. The van der Waals surface area contributed by atoms with Gasteiger partial charge in [-0.05, 0) is 48.5 Å². The second kappa shape index (κ2) is 10.7. The highest BCUT2D eigenvalue weighted by Gasteiger charge is 2.12. The number of halogens is 1. The summed E-state index contributed by atoms with van der Waals surface area (Å²) in [5, 5.41) is 8.32. The molecule has 0 amide bonds. The van der Waals surface area contributed by atoms with Crippen LogP contribution in [0.3, 0.4) is 0 Å². The van der Waals surface area contributed by atoms with Crippen LogP contribution >= 0.6 is 22.6 Å². The Morgan fingerprint density at radius 2 is 1.52 bits per heavy atom. The number of rotatable bonds is 10. The maximum absolute atomic E-state index is 12.2. The molecule has 2 aromatic rings. The molecule has 0 aliphatic carbocycles. The number of azo groups is 1. The van der Waals surface area contributed by atoms with E-state index in [0.29, 0.717) is 18.9 Å². The Kier molecular flexibility index (Phi) is 8.61. The minimum Gasteiger partial charge on any atom is -0.379 e. The predicted molar refractivity (Wildman–Crippen MR) is 116 cm³/mol. The minimum absolute atomic E-state index is 0.186. The summed E-state index contributed by atoms with van der Waals surface area (Å²) in [6.07, 6.45) is 0. The second-order valence-electron chi connectivity index (χ2n) is 5.80. The number of sulfonamides is 1. The monoisotopic (exact) mass is 502 g/mol. The first-order chi connectivity index (χ1) is 12.9. The lowest BCUT2D eigenvalue weighted by molar-refractivity contribution is 0.157. The van der Waals surface area contributed by atoms with Gasteiger partial charge in [-0.25, -0.2) is 13.1 Å². The zero-order valence-corrected chi connectivity index (χ0v) is 18.3. The molecule has 1 N–H and O–H groups in total. The first-order valence-electron chi connectivity index (χ1n) is 8.35. The Balaban J connectivity index is 1.95. The van der Waals surface area contributed by atoms with Gasteiger partial charge in [0.1, 0.15) is 0 Å². The zero-order valence-electron chi connectivity index (χ0n) is 15.3. The maximum atomic E-state index is 12.2. The van der Waals surface area contributed by atoms with E-state index < -0.39 is 10.0 Å². The van der Waals surface area contributed by atoms with E-state index in [1.165, 1.54) is 12.1 Å². The van der Waals surface area contributed by atoms with Gasteiger partial charge in [0, 0.05) is 30.8 Å². The lowest BCUT2D eigenvalue weighted by Crippen LogP contribution is -2.27. The molecule has 0 bridgehead atoms. The maximum Gasteiger partial charge on any atom is 0.240 e. The lowest BCUT2D eigenvalue weighted by Gasteiger charge is -2.11. The van der Waals surface area contributed by atoms with E-state index in [4.69, 9.17) is 4.74 Å². The van der Waals surface area contributed by atoms with E-state index in [0.717, 1.165) is 15.8 Å². The fourth-order valence-corrected chi connectivity index (χ4v) is 3.44. The smallest absolute Gasteiger partial charge is 0.240 e. The number of nitrogens with zero attached hydrogens (tertiary/aromatic N) is 3. The molecule has 146 valence electrons. The highest BCUT2D eigenvalue weighted by molar-refractivity contribution is 14.1. The van der Waals surface area contributed by atoms with Crippen LogP contribution < -0.4 is 9.62 Å². The molecule has 0 fully saturated rings. The van der Waals surface area contributed by atoms with Crippen LogP contribution in [0.4, 0.5) is 17.1 Å². The average Bonchev–Trinajstić information content (AvgIpc) is 2.67. The number of hydrogen-bond acceptors (Lipinski definition) is 6. The summed E-state index contributed by atoms with van der Waals surface area (Å²) in [4.78, 5) is 2.19. The lowest BCUT2D eigenvalue weighted by atomic mass is 10.3. The normalized spacial score (nSPS) is 11.8. The van der Waals surface area contributed by atoms with Gasteiger partial charge in [0.25, 0.3) is 0 Å². The molecule has 0 aliphatic heterocycles. The van der Waals surface area contributed by atoms with Crippen molar-refractivity contribution >= 4 is 49.7 Å². The second-order valence-corrected chi connectivity index (χ2v) is 8.65. The summed E-state index contributed by atoms with van der Waals surface area (Å²) < 4.78 is 33.1. The van der Waals surface area contributed by atoms with Crippen LogP contribution in [0.15, 0.2) is 63.7 Å². The van der Waals surface area contributed by atoms with Crippen LogP contribution in [0, 0.1) is 0 Å². The number of ether oxygens (including phenoxy) is 1. The van der Waals surface area contributed by atoms with Crippen molar-refractivity contribution in [3.8, 4) is 0 Å². The summed E-state index contributed by atoms with van der Waals surface area (Å²) in [6.45, 7) is 1.20. The highest BCUT2D eigenvalue weighted by Crippen LogP contribution is 2.22. The molecule has 0 aromatic heterocycles. The van der Waals surface area contributed by atoms with Gasteiger partial charge < -0.3 is 9.64 Å². The van der Waals surface area contributed by atoms with Crippen molar-refractivity contribution in [1.29, 1.82) is 0 Å². The number of anilines is 1. The number of alkyl halides is 1. The van der Waals surface area contributed by atoms with E-state index in [9.17, 15) is 8.42 Å². The van der Waals surface area contributed by atoms with Crippen molar-refractivity contribution in [1.82, 2.24) is 4.72 Å². The number of hydrogen-bond donors (Lipinski definition) is 1. The van der Waals surface area contributed by atoms with Gasteiger partial charge in [-0.3, -0.25) is 0 Å². The van der Waals surface area contributed by atoms with E-state index in [1.807, 2.05) is 43.3 Å². The molecule has 9 heteroatoms. The Bertz CT molecular complexity index is 838. The van der Waals surface area contributed by atoms with E-state index in [1.54, 1.807) is 12.1 Å². The largest absolute Gasteiger partial charge is 0.379 e. The highest BCUT2D eigenvalue weighted by atomic mass is 127. The van der Waals surface area contributed by atoms with Gasteiger partial charge in [0.2, 0.25) is 10.0 Å². The molecule has 2 aromatic carbocycles. The molecule has 7 nitrogen and oxygen atoms in total.